The van der Waals surface area contributed by atoms with Gasteiger partial charge in [0.25, 0.3) is 0 Å². The van der Waals surface area contributed by atoms with Crippen molar-refractivity contribution in [1.82, 2.24) is 30.0 Å². The van der Waals surface area contributed by atoms with Gasteiger partial charge in [-0.1, -0.05) is 59.8 Å². The number of hydrogen-bond acceptors (Lipinski definition) is 6. The van der Waals surface area contributed by atoms with Gasteiger partial charge in [-0.05, 0) is 39.1 Å². The maximum atomic E-state index is 12.0. The molecular weight excluding hydrogens is 432 g/mol. The van der Waals surface area contributed by atoms with Crippen molar-refractivity contribution in [3.63, 3.8) is 0 Å². The number of nitrogens with zero attached hydrogens (tertiary/aromatic N) is 5. The van der Waals surface area contributed by atoms with Crippen molar-refractivity contribution in [3.05, 3.63) is 59.7 Å². The van der Waals surface area contributed by atoms with Crippen molar-refractivity contribution in [2.45, 2.75) is 31.5 Å². The van der Waals surface area contributed by atoms with Crippen LogP contribution in [0.25, 0.3) is 22.1 Å². The van der Waals surface area contributed by atoms with Gasteiger partial charge >= 0.3 is 0 Å². The van der Waals surface area contributed by atoms with Crippen LogP contribution in [0.4, 0.5) is 0 Å². The second-order valence-corrected chi connectivity index (χ2v) is 9.52. The number of para-hydroxylation sites is 1. The summed E-state index contributed by atoms with van der Waals surface area (Å²) in [5.74, 6) is 0.858. The van der Waals surface area contributed by atoms with Crippen LogP contribution in [-0.2, 0) is 11.3 Å². The number of benzene rings is 2. The molecule has 0 aliphatic carbocycles. The van der Waals surface area contributed by atoms with Crippen molar-refractivity contribution in [2.75, 3.05) is 32.9 Å². The van der Waals surface area contributed by atoms with E-state index in [-0.39, 0.29) is 5.91 Å². The summed E-state index contributed by atoms with van der Waals surface area (Å²) >= 11 is 1.55. The molecular formula is C25H30N6OS. The molecule has 7 nitrogen and oxygen atoms in total. The molecule has 0 saturated carbocycles. The van der Waals surface area contributed by atoms with Gasteiger partial charge in [-0.2, -0.15) is 0 Å². The number of aryl methyl sites for hydroxylation is 1. The lowest BCUT2D eigenvalue weighted by molar-refractivity contribution is -0.121. The fourth-order valence-electron chi connectivity index (χ4n) is 3.69. The lowest BCUT2D eigenvalue weighted by atomic mass is 10.1. The predicted octanol–water partition coefficient (Wildman–Crippen LogP) is 3.89. The quantitative estimate of drug-likeness (QED) is 0.285. The molecule has 33 heavy (non-hydrogen) atoms. The highest BCUT2D eigenvalue weighted by molar-refractivity contribution is 7.99. The second-order valence-electron chi connectivity index (χ2n) is 8.46. The number of thioether (sulfide) groups is 1. The first-order chi connectivity index (χ1) is 16.0. The average molecular weight is 463 g/mol. The third-order valence-corrected chi connectivity index (χ3v) is 6.40. The van der Waals surface area contributed by atoms with Crippen LogP contribution in [-0.4, -0.2) is 63.5 Å². The Bertz CT molecular complexity index is 1240. The Labute approximate surface area is 198 Å². The smallest absolute Gasteiger partial charge is 0.220 e. The molecule has 1 amide bonds. The molecule has 1 N–H and O–H groups in total. The minimum absolute atomic E-state index is 0.0881. The Morgan fingerprint density at radius 2 is 1.88 bits per heavy atom. The highest BCUT2D eigenvalue weighted by Crippen LogP contribution is 2.28. The molecule has 0 spiro atoms. The molecule has 0 fully saturated rings. The van der Waals surface area contributed by atoms with E-state index in [1.807, 2.05) is 26.2 Å². The van der Waals surface area contributed by atoms with E-state index in [1.54, 1.807) is 11.8 Å². The van der Waals surface area contributed by atoms with E-state index < -0.39 is 0 Å². The van der Waals surface area contributed by atoms with Crippen LogP contribution in [0.1, 0.15) is 24.0 Å². The van der Waals surface area contributed by atoms with Crippen LogP contribution in [0.5, 0.6) is 0 Å². The first-order valence-electron chi connectivity index (χ1n) is 11.2. The van der Waals surface area contributed by atoms with Crippen molar-refractivity contribution in [3.8, 4) is 0 Å². The minimum atomic E-state index is 0.0881. The molecule has 0 aliphatic rings. The molecule has 0 radical (unpaired) electrons. The second kappa shape index (κ2) is 10.8. The zero-order valence-electron chi connectivity index (χ0n) is 19.4. The zero-order chi connectivity index (χ0) is 23.2. The molecule has 2 heterocycles. The SMILES string of the molecule is Cc1ccc(Cn2c3ccccc3c3nnc(SCCCC(=O)NCCN(C)C)nc32)cc1. The van der Waals surface area contributed by atoms with Crippen LogP contribution in [0.15, 0.2) is 53.7 Å². The van der Waals surface area contributed by atoms with Gasteiger partial charge in [0.15, 0.2) is 5.65 Å². The third kappa shape index (κ3) is 5.89. The number of likely N-dealkylation sites (N-methyl/N-ethyl adjacent to an activating group) is 1. The van der Waals surface area contributed by atoms with Gasteiger partial charge in [-0.25, -0.2) is 4.98 Å². The lowest BCUT2D eigenvalue weighted by Crippen LogP contribution is -2.31. The maximum absolute atomic E-state index is 12.0. The largest absolute Gasteiger partial charge is 0.355 e. The first-order valence-corrected chi connectivity index (χ1v) is 12.2. The van der Waals surface area contributed by atoms with Crippen molar-refractivity contribution in [1.29, 1.82) is 0 Å². The summed E-state index contributed by atoms with van der Waals surface area (Å²) in [6, 6.07) is 16.8. The number of carbonyl (C=O) groups excluding carboxylic acids is 1. The molecule has 2 aromatic heterocycles. The Morgan fingerprint density at radius 1 is 1.09 bits per heavy atom. The fraction of sp³-hybridized carbons (Fsp3) is 0.360. The fourth-order valence-corrected chi connectivity index (χ4v) is 4.41. The molecule has 4 aromatic rings. The number of nitrogens with one attached hydrogen (secondary N) is 1. The Hall–Kier alpha value is -2.97. The topological polar surface area (TPSA) is 75.9 Å². The van der Waals surface area contributed by atoms with E-state index in [2.05, 4.69) is 68.3 Å². The summed E-state index contributed by atoms with van der Waals surface area (Å²) in [4.78, 5) is 18.9. The molecule has 0 saturated heterocycles. The lowest BCUT2D eigenvalue weighted by Gasteiger charge is -2.10. The normalized spacial score (nSPS) is 11.5. The van der Waals surface area contributed by atoms with E-state index in [4.69, 9.17) is 4.98 Å². The van der Waals surface area contributed by atoms with Gasteiger partial charge in [-0.3, -0.25) is 4.79 Å². The van der Waals surface area contributed by atoms with Crippen LogP contribution < -0.4 is 5.32 Å². The molecule has 2 aromatic carbocycles. The van der Waals surface area contributed by atoms with Crippen LogP contribution >= 0.6 is 11.8 Å². The Morgan fingerprint density at radius 3 is 2.67 bits per heavy atom. The van der Waals surface area contributed by atoms with Crippen molar-refractivity contribution in [2.24, 2.45) is 0 Å². The van der Waals surface area contributed by atoms with E-state index in [1.165, 1.54) is 11.1 Å². The number of carbonyl (C=O) groups is 1. The van der Waals surface area contributed by atoms with E-state index >= 15 is 0 Å². The minimum Gasteiger partial charge on any atom is -0.355 e. The van der Waals surface area contributed by atoms with E-state index in [0.717, 1.165) is 47.3 Å². The summed E-state index contributed by atoms with van der Waals surface area (Å²) in [6.45, 7) is 4.34. The maximum Gasteiger partial charge on any atom is 0.220 e. The number of aromatic nitrogens is 4. The number of amides is 1. The average Bonchev–Trinajstić information content (AvgIpc) is 3.11. The molecule has 0 bridgehead atoms. The highest BCUT2D eigenvalue weighted by Gasteiger charge is 2.15. The summed E-state index contributed by atoms with van der Waals surface area (Å²) < 4.78 is 2.21. The summed E-state index contributed by atoms with van der Waals surface area (Å²) in [5.41, 5.74) is 5.23. The van der Waals surface area contributed by atoms with Crippen molar-refractivity contribution >= 4 is 39.7 Å². The summed E-state index contributed by atoms with van der Waals surface area (Å²) in [6.07, 6.45) is 1.27. The van der Waals surface area contributed by atoms with E-state index in [9.17, 15) is 4.79 Å². The predicted molar refractivity (Wildman–Crippen MR) is 135 cm³/mol. The van der Waals surface area contributed by atoms with E-state index in [0.29, 0.717) is 18.1 Å². The molecule has 172 valence electrons. The highest BCUT2D eigenvalue weighted by atomic mass is 32.2. The number of hydrogen-bond donors (Lipinski definition) is 1. The monoisotopic (exact) mass is 462 g/mol. The zero-order valence-corrected chi connectivity index (χ0v) is 20.2. The van der Waals surface area contributed by atoms with Crippen molar-refractivity contribution < 1.29 is 4.79 Å². The van der Waals surface area contributed by atoms with Gasteiger partial charge in [0.1, 0.15) is 5.52 Å². The summed E-state index contributed by atoms with van der Waals surface area (Å²) in [5, 5.41) is 13.5. The van der Waals surface area contributed by atoms with Gasteiger partial charge in [0.05, 0.1) is 5.52 Å². The van der Waals surface area contributed by atoms with Gasteiger partial charge < -0.3 is 14.8 Å². The summed E-state index contributed by atoms with van der Waals surface area (Å²) in [7, 11) is 3.99. The first kappa shape index (κ1) is 23.2. The van der Waals surface area contributed by atoms with Crippen LogP contribution in [0, 0.1) is 6.92 Å². The van der Waals surface area contributed by atoms with Crippen LogP contribution in [0.2, 0.25) is 0 Å². The molecule has 8 heteroatoms. The number of fused-ring (bicyclic) bond motifs is 3. The Kier molecular flexibility index (Phi) is 7.57. The van der Waals surface area contributed by atoms with Gasteiger partial charge in [0, 0.05) is 37.2 Å². The standard InChI is InChI=1S/C25H30N6OS/c1-18-10-12-19(13-11-18)17-31-21-8-5-4-7-20(21)23-24(31)27-25(29-28-23)33-16-6-9-22(32)26-14-15-30(2)3/h4-5,7-8,10-13H,6,9,14-17H2,1-3H3,(H,26,32). The molecule has 4 rings (SSSR count). The van der Waals surface area contributed by atoms with Gasteiger partial charge in [0.2, 0.25) is 11.1 Å². The molecule has 0 atom stereocenters. The van der Waals surface area contributed by atoms with Gasteiger partial charge in [-0.15, -0.1) is 10.2 Å². The molecule has 0 unspecified atom stereocenters. The molecule has 0 aliphatic heterocycles. The van der Waals surface area contributed by atoms with Crippen LogP contribution in [0.3, 0.4) is 0 Å². The third-order valence-electron chi connectivity index (χ3n) is 5.48. The number of rotatable bonds is 10. The Balaban J connectivity index is 1.47.